The molecule has 0 bridgehead atoms. The lowest BCUT2D eigenvalue weighted by atomic mass is 9.78. The maximum Gasteiger partial charge on any atom is 0.0984 e. The maximum absolute atomic E-state index is 6.15. The molecule has 0 aromatic heterocycles. The molecule has 102 valence electrons. The van der Waals surface area contributed by atoms with Gasteiger partial charge in [0.05, 0.1) is 12.7 Å². The summed E-state index contributed by atoms with van der Waals surface area (Å²) in [6, 6.07) is 7.26. The van der Waals surface area contributed by atoms with Crippen LogP contribution in [0.2, 0.25) is 0 Å². The number of anilines is 1. The summed E-state index contributed by atoms with van der Waals surface area (Å²) in [6.07, 6.45) is 2.78. The highest BCUT2D eigenvalue weighted by atomic mass is 16.5. The van der Waals surface area contributed by atoms with Gasteiger partial charge in [-0.3, -0.25) is 4.90 Å². The molecule has 1 fully saturated rings. The van der Waals surface area contributed by atoms with Gasteiger partial charge in [0, 0.05) is 30.7 Å². The smallest absolute Gasteiger partial charge is 0.0984 e. The van der Waals surface area contributed by atoms with Crippen LogP contribution in [-0.4, -0.2) is 37.2 Å². The van der Waals surface area contributed by atoms with Crippen molar-refractivity contribution < 1.29 is 4.74 Å². The normalized spacial score (nSPS) is 32.6. The number of hydrogen-bond donors (Lipinski definition) is 1. The molecule has 0 saturated carbocycles. The molecular formula is C16H22N2O. The Labute approximate surface area is 114 Å². The number of hydrogen-bond acceptors (Lipinski definition) is 3. The van der Waals surface area contributed by atoms with Crippen LogP contribution in [0.4, 0.5) is 5.69 Å². The zero-order valence-electron chi connectivity index (χ0n) is 11.6. The van der Waals surface area contributed by atoms with E-state index in [2.05, 4.69) is 35.3 Å². The third kappa shape index (κ3) is 1.72. The SMILES string of the molecule is CCCN1CCO[C@@H]2c3cccc4c3[C@@H](CN4)C[C@H]21. The van der Waals surface area contributed by atoms with Crippen LogP contribution in [0.1, 0.15) is 42.9 Å². The molecule has 19 heavy (non-hydrogen) atoms. The average molecular weight is 258 g/mol. The molecule has 3 atom stereocenters. The molecule has 1 aromatic carbocycles. The molecule has 4 rings (SSSR count). The van der Waals surface area contributed by atoms with Crippen molar-refractivity contribution in [3.05, 3.63) is 29.3 Å². The van der Waals surface area contributed by atoms with E-state index in [0.717, 1.165) is 19.7 Å². The summed E-state index contributed by atoms with van der Waals surface area (Å²) >= 11 is 0. The molecule has 2 heterocycles. The van der Waals surface area contributed by atoms with Crippen LogP contribution in [0.15, 0.2) is 18.2 Å². The highest BCUT2D eigenvalue weighted by molar-refractivity contribution is 5.62. The minimum atomic E-state index is 0.298. The van der Waals surface area contributed by atoms with Gasteiger partial charge in [0.15, 0.2) is 0 Å². The summed E-state index contributed by atoms with van der Waals surface area (Å²) < 4.78 is 6.15. The first-order valence-corrected chi connectivity index (χ1v) is 7.61. The van der Waals surface area contributed by atoms with Gasteiger partial charge in [0.2, 0.25) is 0 Å². The molecule has 0 amide bonds. The summed E-state index contributed by atoms with van der Waals surface area (Å²) in [6.45, 7) is 6.57. The summed E-state index contributed by atoms with van der Waals surface area (Å²) in [5.41, 5.74) is 4.34. The largest absolute Gasteiger partial charge is 0.384 e. The Morgan fingerprint density at radius 3 is 3.26 bits per heavy atom. The van der Waals surface area contributed by atoms with E-state index in [1.54, 1.807) is 5.56 Å². The van der Waals surface area contributed by atoms with Crippen LogP contribution in [0.3, 0.4) is 0 Å². The Bertz CT molecular complexity index is 486. The number of morpholine rings is 1. The predicted molar refractivity (Wildman–Crippen MR) is 76.6 cm³/mol. The third-order valence-electron chi connectivity index (χ3n) is 4.92. The third-order valence-corrected chi connectivity index (χ3v) is 4.92. The number of nitrogens with one attached hydrogen (secondary N) is 1. The lowest BCUT2D eigenvalue weighted by molar-refractivity contribution is -0.0823. The number of ether oxygens (including phenoxy) is 1. The fourth-order valence-electron chi connectivity index (χ4n) is 4.17. The van der Waals surface area contributed by atoms with Crippen LogP contribution in [0, 0.1) is 0 Å². The highest BCUT2D eigenvalue weighted by Crippen LogP contribution is 2.48. The molecular weight excluding hydrogens is 236 g/mol. The molecule has 3 aliphatic rings. The average Bonchev–Trinajstić information content (AvgIpc) is 2.85. The van der Waals surface area contributed by atoms with Crippen molar-refractivity contribution in [3.63, 3.8) is 0 Å². The van der Waals surface area contributed by atoms with Crippen LogP contribution >= 0.6 is 0 Å². The fraction of sp³-hybridized carbons (Fsp3) is 0.625. The van der Waals surface area contributed by atoms with Crippen molar-refractivity contribution in [1.29, 1.82) is 0 Å². The van der Waals surface area contributed by atoms with Gasteiger partial charge in [-0.1, -0.05) is 19.1 Å². The van der Waals surface area contributed by atoms with Crippen molar-refractivity contribution in [2.24, 2.45) is 0 Å². The number of fused-ring (bicyclic) bond motifs is 2. The standard InChI is InChI=1S/C16H22N2O/c1-2-6-18-7-8-19-16-12-4-3-5-13-15(12)11(10-17-13)9-14(16)18/h3-5,11,14,16-17H,2,6-10H2,1H3/t11-,14-,16-/m1/s1. The van der Waals surface area contributed by atoms with E-state index in [9.17, 15) is 0 Å². The van der Waals surface area contributed by atoms with Crippen LogP contribution in [0.25, 0.3) is 0 Å². The van der Waals surface area contributed by atoms with E-state index >= 15 is 0 Å². The van der Waals surface area contributed by atoms with E-state index < -0.39 is 0 Å². The summed E-state index contributed by atoms with van der Waals surface area (Å²) in [5.74, 6) is 0.688. The van der Waals surface area contributed by atoms with Crippen LogP contribution in [-0.2, 0) is 4.74 Å². The van der Waals surface area contributed by atoms with E-state index in [1.807, 2.05) is 0 Å². The zero-order valence-corrected chi connectivity index (χ0v) is 11.6. The Balaban J connectivity index is 1.74. The molecule has 0 unspecified atom stereocenters. The molecule has 3 nitrogen and oxygen atoms in total. The Morgan fingerprint density at radius 1 is 1.42 bits per heavy atom. The Morgan fingerprint density at radius 2 is 2.37 bits per heavy atom. The quantitative estimate of drug-likeness (QED) is 0.883. The first kappa shape index (κ1) is 11.7. The van der Waals surface area contributed by atoms with Gasteiger partial charge in [0.25, 0.3) is 0 Å². The van der Waals surface area contributed by atoms with Crippen LogP contribution in [0.5, 0.6) is 0 Å². The highest BCUT2D eigenvalue weighted by Gasteiger charge is 2.43. The first-order chi connectivity index (χ1) is 9.38. The maximum atomic E-state index is 6.15. The molecule has 3 heteroatoms. The van der Waals surface area contributed by atoms with Gasteiger partial charge >= 0.3 is 0 Å². The monoisotopic (exact) mass is 258 g/mol. The van der Waals surface area contributed by atoms with E-state index in [4.69, 9.17) is 4.74 Å². The van der Waals surface area contributed by atoms with Gasteiger partial charge in [0.1, 0.15) is 0 Å². The van der Waals surface area contributed by atoms with Gasteiger partial charge < -0.3 is 10.1 Å². The zero-order chi connectivity index (χ0) is 12.8. The van der Waals surface area contributed by atoms with E-state index in [1.165, 1.54) is 30.6 Å². The lowest BCUT2D eigenvalue weighted by Gasteiger charge is -2.46. The predicted octanol–water partition coefficient (Wildman–Crippen LogP) is 2.75. The second-order valence-corrected chi connectivity index (χ2v) is 6.02. The molecule has 1 aromatic rings. The van der Waals surface area contributed by atoms with Crippen molar-refractivity contribution >= 4 is 5.69 Å². The molecule has 0 radical (unpaired) electrons. The number of nitrogens with zero attached hydrogens (tertiary/aromatic N) is 1. The van der Waals surface area contributed by atoms with Gasteiger partial charge in [-0.15, -0.1) is 0 Å². The lowest BCUT2D eigenvalue weighted by Crippen LogP contribution is -2.50. The van der Waals surface area contributed by atoms with Crippen molar-refractivity contribution in [3.8, 4) is 0 Å². The van der Waals surface area contributed by atoms with E-state index in [0.29, 0.717) is 18.1 Å². The fourth-order valence-corrected chi connectivity index (χ4v) is 4.17. The van der Waals surface area contributed by atoms with Gasteiger partial charge in [-0.05, 0) is 36.6 Å². The minimum absolute atomic E-state index is 0.298. The van der Waals surface area contributed by atoms with Crippen molar-refractivity contribution in [2.75, 3.05) is 31.6 Å². The number of benzene rings is 1. The Kier molecular flexibility index (Phi) is 2.78. The summed E-state index contributed by atoms with van der Waals surface area (Å²) in [4.78, 5) is 2.65. The Hall–Kier alpha value is -1.06. The topological polar surface area (TPSA) is 24.5 Å². The summed E-state index contributed by atoms with van der Waals surface area (Å²) in [5, 5.41) is 3.56. The second-order valence-electron chi connectivity index (χ2n) is 6.02. The molecule has 1 saturated heterocycles. The molecule has 1 N–H and O–H groups in total. The molecule has 1 aliphatic carbocycles. The second kappa shape index (κ2) is 4.50. The van der Waals surface area contributed by atoms with Crippen LogP contribution < -0.4 is 5.32 Å². The molecule has 0 spiro atoms. The number of rotatable bonds is 2. The molecule has 2 aliphatic heterocycles. The first-order valence-electron chi connectivity index (χ1n) is 7.61. The minimum Gasteiger partial charge on any atom is -0.384 e. The van der Waals surface area contributed by atoms with E-state index in [-0.39, 0.29) is 0 Å². The van der Waals surface area contributed by atoms with Gasteiger partial charge in [-0.2, -0.15) is 0 Å². The van der Waals surface area contributed by atoms with Crippen molar-refractivity contribution in [1.82, 2.24) is 4.90 Å². The van der Waals surface area contributed by atoms with Gasteiger partial charge in [-0.25, -0.2) is 0 Å². The summed E-state index contributed by atoms with van der Waals surface area (Å²) in [7, 11) is 0. The van der Waals surface area contributed by atoms with Crippen molar-refractivity contribution in [2.45, 2.75) is 37.8 Å².